The third kappa shape index (κ3) is 4.76. The molecule has 1 amide bonds. The van der Waals surface area contributed by atoms with Gasteiger partial charge in [-0.3, -0.25) is 9.78 Å². The molecule has 110 valence electrons. The summed E-state index contributed by atoms with van der Waals surface area (Å²) in [5, 5.41) is 6.81. The van der Waals surface area contributed by atoms with Crippen LogP contribution in [0.25, 0.3) is 0 Å². The van der Waals surface area contributed by atoms with Gasteiger partial charge in [-0.1, -0.05) is 23.7 Å². The van der Waals surface area contributed by atoms with E-state index in [9.17, 15) is 4.79 Å². The van der Waals surface area contributed by atoms with E-state index in [1.54, 1.807) is 12.3 Å². The number of hydrogen-bond donors (Lipinski definition) is 2. The summed E-state index contributed by atoms with van der Waals surface area (Å²) >= 11 is 5.85. The predicted octanol–water partition coefficient (Wildman–Crippen LogP) is 3.49. The van der Waals surface area contributed by atoms with Gasteiger partial charge in [-0.15, -0.1) is 0 Å². The average Bonchev–Trinajstić information content (AvgIpc) is 2.46. The monoisotopic (exact) mass is 303 g/mol. The molecule has 0 unspecified atom stereocenters. The number of halogens is 1. The van der Waals surface area contributed by atoms with E-state index < -0.39 is 0 Å². The van der Waals surface area contributed by atoms with E-state index in [4.69, 9.17) is 11.6 Å². The summed E-state index contributed by atoms with van der Waals surface area (Å²) in [4.78, 5) is 16.0. The lowest BCUT2D eigenvalue weighted by molar-refractivity contribution is 0.0938. The Morgan fingerprint density at radius 3 is 2.62 bits per heavy atom. The second kappa shape index (κ2) is 7.09. The van der Waals surface area contributed by atoms with Crippen molar-refractivity contribution < 1.29 is 4.79 Å². The van der Waals surface area contributed by atoms with Crippen LogP contribution in [0.4, 0.5) is 5.69 Å². The Bertz CT molecular complexity index is 611. The molecule has 2 N–H and O–H groups in total. The fourth-order valence-corrected chi connectivity index (χ4v) is 1.93. The van der Waals surface area contributed by atoms with Crippen LogP contribution in [0.2, 0.25) is 5.02 Å². The van der Waals surface area contributed by atoms with Crippen molar-refractivity contribution in [1.29, 1.82) is 0 Å². The molecule has 0 atom stereocenters. The van der Waals surface area contributed by atoms with Crippen LogP contribution in [0.1, 0.15) is 29.9 Å². The SMILES string of the molecule is CC(C)NC(=O)c1cc(NCc2ccc(Cl)cc2)ccn1. The molecule has 0 aliphatic carbocycles. The first kappa shape index (κ1) is 15.3. The first-order chi connectivity index (χ1) is 10.0. The summed E-state index contributed by atoms with van der Waals surface area (Å²) in [5.74, 6) is -0.167. The first-order valence-corrected chi connectivity index (χ1v) is 7.17. The van der Waals surface area contributed by atoms with Gasteiger partial charge in [0, 0.05) is 29.5 Å². The van der Waals surface area contributed by atoms with Crippen LogP contribution in [0.15, 0.2) is 42.6 Å². The van der Waals surface area contributed by atoms with Crippen molar-refractivity contribution in [3.8, 4) is 0 Å². The number of benzene rings is 1. The van der Waals surface area contributed by atoms with Gasteiger partial charge in [0.25, 0.3) is 5.91 Å². The Balaban J connectivity index is 2.00. The smallest absolute Gasteiger partial charge is 0.270 e. The topological polar surface area (TPSA) is 54.0 Å². The average molecular weight is 304 g/mol. The number of carbonyl (C=O) groups excluding carboxylic acids is 1. The van der Waals surface area contributed by atoms with E-state index in [0.717, 1.165) is 16.3 Å². The van der Waals surface area contributed by atoms with Crippen LogP contribution in [0, 0.1) is 0 Å². The lowest BCUT2D eigenvalue weighted by atomic mass is 10.2. The maximum Gasteiger partial charge on any atom is 0.270 e. The molecule has 1 aromatic heterocycles. The van der Waals surface area contributed by atoms with E-state index >= 15 is 0 Å². The molecule has 0 radical (unpaired) electrons. The third-order valence-corrected chi connectivity index (χ3v) is 3.07. The Hall–Kier alpha value is -2.07. The Kier molecular flexibility index (Phi) is 5.17. The van der Waals surface area contributed by atoms with Gasteiger partial charge in [0.15, 0.2) is 0 Å². The molecule has 1 aromatic carbocycles. The fourth-order valence-electron chi connectivity index (χ4n) is 1.81. The molecular formula is C16H18ClN3O. The second-order valence-corrected chi connectivity index (χ2v) is 5.47. The molecule has 1 heterocycles. The van der Waals surface area contributed by atoms with Gasteiger partial charge in [-0.2, -0.15) is 0 Å². The summed E-state index contributed by atoms with van der Waals surface area (Å²) < 4.78 is 0. The molecule has 0 saturated carbocycles. The fraction of sp³-hybridized carbons (Fsp3) is 0.250. The summed E-state index contributed by atoms with van der Waals surface area (Å²) in [7, 11) is 0. The predicted molar refractivity (Wildman–Crippen MR) is 85.6 cm³/mol. The van der Waals surface area contributed by atoms with Gasteiger partial charge in [-0.25, -0.2) is 0 Å². The molecular weight excluding hydrogens is 286 g/mol. The van der Waals surface area contributed by atoms with Gasteiger partial charge in [0.05, 0.1) is 0 Å². The highest BCUT2D eigenvalue weighted by molar-refractivity contribution is 6.30. The van der Waals surface area contributed by atoms with Crippen LogP contribution >= 0.6 is 11.6 Å². The van der Waals surface area contributed by atoms with Crippen LogP contribution in [0.3, 0.4) is 0 Å². The minimum absolute atomic E-state index is 0.0879. The minimum atomic E-state index is -0.167. The second-order valence-electron chi connectivity index (χ2n) is 5.04. The highest BCUT2D eigenvalue weighted by Gasteiger charge is 2.08. The highest BCUT2D eigenvalue weighted by Crippen LogP contribution is 2.13. The number of amides is 1. The molecule has 4 nitrogen and oxygen atoms in total. The van der Waals surface area contributed by atoms with Gasteiger partial charge in [0.1, 0.15) is 5.69 Å². The van der Waals surface area contributed by atoms with Gasteiger partial charge >= 0.3 is 0 Å². The van der Waals surface area contributed by atoms with E-state index in [1.807, 2.05) is 44.2 Å². The number of nitrogens with one attached hydrogen (secondary N) is 2. The molecule has 2 aromatic rings. The van der Waals surface area contributed by atoms with E-state index in [0.29, 0.717) is 12.2 Å². The van der Waals surface area contributed by atoms with E-state index in [-0.39, 0.29) is 11.9 Å². The number of carbonyl (C=O) groups is 1. The van der Waals surface area contributed by atoms with Crippen molar-refractivity contribution in [2.75, 3.05) is 5.32 Å². The lowest BCUT2D eigenvalue weighted by Gasteiger charge is -2.10. The van der Waals surface area contributed by atoms with Gasteiger partial charge < -0.3 is 10.6 Å². The molecule has 0 bridgehead atoms. The highest BCUT2D eigenvalue weighted by atomic mass is 35.5. The third-order valence-electron chi connectivity index (χ3n) is 2.82. The molecule has 0 saturated heterocycles. The largest absolute Gasteiger partial charge is 0.381 e. The molecule has 0 aliphatic heterocycles. The van der Waals surface area contributed by atoms with Gasteiger partial charge in [0.2, 0.25) is 0 Å². The van der Waals surface area contributed by atoms with Crippen molar-refractivity contribution in [1.82, 2.24) is 10.3 Å². The van der Waals surface area contributed by atoms with Crippen molar-refractivity contribution >= 4 is 23.2 Å². The van der Waals surface area contributed by atoms with Gasteiger partial charge in [-0.05, 0) is 43.7 Å². The minimum Gasteiger partial charge on any atom is -0.381 e. The Labute approximate surface area is 129 Å². The maximum absolute atomic E-state index is 11.9. The molecule has 21 heavy (non-hydrogen) atoms. The summed E-state index contributed by atoms with van der Waals surface area (Å²) in [6.45, 7) is 4.49. The number of pyridine rings is 1. The van der Waals surface area contributed by atoms with Crippen LogP contribution in [-0.4, -0.2) is 16.9 Å². The maximum atomic E-state index is 11.9. The zero-order chi connectivity index (χ0) is 15.2. The van der Waals surface area contributed by atoms with E-state index in [1.165, 1.54) is 0 Å². The van der Waals surface area contributed by atoms with Crippen LogP contribution in [0.5, 0.6) is 0 Å². The molecule has 2 rings (SSSR count). The summed E-state index contributed by atoms with van der Waals surface area (Å²) in [6, 6.07) is 11.3. The number of hydrogen-bond acceptors (Lipinski definition) is 3. The molecule has 5 heteroatoms. The Morgan fingerprint density at radius 1 is 1.24 bits per heavy atom. The quantitative estimate of drug-likeness (QED) is 0.889. The van der Waals surface area contributed by atoms with Crippen molar-refractivity contribution in [2.45, 2.75) is 26.4 Å². The first-order valence-electron chi connectivity index (χ1n) is 6.80. The molecule has 0 spiro atoms. The normalized spacial score (nSPS) is 10.5. The zero-order valence-electron chi connectivity index (χ0n) is 12.1. The van der Waals surface area contributed by atoms with E-state index in [2.05, 4.69) is 15.6 Å². The van der Waals surface area contributed by atoms with Crippen molar-refractivity contribution in [2.24, 2.45) is 0 Å². The number of rotatable bonds is 5. The number of anilines is 1. The Morgan fingerprint density at radius 2 is 1.95 bits per heavy atom. The summed E-state index contributed by atoms with van der Waals surface area (Å²) in [6.07, 6.45) is 1.62. The van der Waals surface area contributed by atoms with Crippen molar-refractivity contribution in [3.63, 3.8) is 0 Å². The summed E-state index contributed by atoms with van der Waals surface area (Å²) in [5.41, 5.74) is 2.38. The number of nitrogens with zero attached hydrogens (tertiary/aromatic N) is 1. The standard InChI is InChI=1S/C16H18ClN3O/c1-11(2)20-16(21)15-9-14(7-8-18-15)19-10-12-3-5-13(17)6-4-12/h3-9,11H,10H2,1-2H3,(H,18,19)(H,20,21). The number of aromatic nitrogens is 1. The zero-order valence-corrected chi connectivity index (χ0v) is 12.8. The van der Waals surface area contributed by atoms with Crippen LogP contribution in [-0.2, 0) is 6.54 Å². The molecule has 0 fully saturated rings. The lowest BCUT2D eigenvalue weighted by Crippen LogP contribution is -2.30. The van der Waals surface area contributed by atoms with Crippen molar-refractivity contribution in [3.05, 3.63) is 58.9 Å². The molecule has 0 aliphatic rings. The van der Waals surface area contributed by atoms with Crippen LogP contribution < -0.4 is 10.6 Å².